The van der Waals surface area contributed by atoms with E-state index in [0.29, 0.717) is 12.2 Å². The summed E-state index contributed by atoms with van der Waals surface area (Å²) in [4.78, 5) is 10.7. The largest absolute Gasteiger partial charge is 0.464 e. The molecule has 3 aromatic rings. The van der Waals surface area contributed by atoms with Crippen LogP contribution in [0.15, 0.2) is 70.2 Å². The highest BCUT2D eigenvalue weighted by Gasteiger charge is 2.41. The molecule has 3 heterocycles. The third-order valence-corrected chi connectivity index (χ3v) is 6.34. The number of hydrazone groups is 1. The van der Waals surface area contributed by atoms with Crippen LogP contribution in [0.1, 0.15) is 35.4 Å². The number of ether oxygens (including phenoxy) is 3. The van der Waals surface area contributed by atoms with E-state index >= 15 is 0 Å². The molecule has 0 saturated carbocycles. The van der Waals surface area contributed by atoms with Gasteiger partial charge in [-0.25, -0.2) is 5.01 Å². The lowest BCUT2D eigenvalue weighted by molar-refractivity contribution is -0.384. The van der Waals surface area contributed by atoms with Gasteiger partial charge in [-0.1, -0.05) is 15.9 Å². The molecule has 6 rings (SSSR count). The van der Waals surface area contributed by atoms with Crippen molar-refractivity contribution in [3.8, 4) is 17.2 Å². The number of fused-ring (bicyclic) bond motifs is 4. The summed E-state index contributed by atoms with van der Waals surface area (Å²) in [6, 6.07) is 18.1. The predicted octanol–water partition coefficient (Wildman–Crippen LogP) is 5.33. The van der Waals surface area contributed by atoms with Crippen LogP contribution in [0.25, 0.3) is 0 Å². The van der Waals surface area contributed by atoms with E-state index in [0.717, 1.165) is 38.4 Å². The van der Waals surface area contributed by atoms with Gasteiger partial charge in [-0.05, 0) is 48.5 Å². The molecule has 9 heteroatoms. The summed E-state index contributed by atoms with van der Waals surface area (Å²) in [6.07, 6.45) is 0.191. The highest BCUT2D eigenvalue weighted by Crippen LogP contribution is 2.48. The molecule has 3 aliphatic heterocycles. The summed E-state index contributed by atoms with van der Waals surface area (Å²) < 4.78 is 18.3. The molecule has 0 bridgehead atoms. The Morgan fingerprint density at radius 1 is 1.00 bits per heavy atom. The zero-order valence-corrected chi connectivity index (χ0v) is 18.2. The summed E-state index contributed by atoms with van der Waals surface area (Å²) in [5.41, 5.74) is 3.75. The molecule has 8 nitrogen and oxygen atoms in total. The fourth-order valence-corrected chi connectivity index (χ4v) is 4.67. The van der Waals surface area contributed by atoms with E-state index in [9.17, 15) is 10.1 Å². The highest BCUT2D eigenvalue weighted by molar-refractivity contribution is 9.10. The van der Waals surface area contributed by atoms with Gasteiger partial charge in [0.15, 0.2) is 11.5 Å². The average molecular weight is 494 g/mol. The van der Waals surface area contributed by atoms with E-state index < -0.39 is 11.2 Å². The van der Waals surface area contributed by atoms with Crippen LogP contribution in [0, 0.1) is 10.1 Å². The quantitative estimate of drug-likeness (QED) is 0.362. The number of nitro benzene ring substituents is 1. The maximum Gasteiger partial charge on any atom is 0.269 e. The number of nitrogens with zero attached hydrogens (tertiary/aromatic N) is 3. The Morgan fingerprint density at radius 3 is 2.59 bits per heavy atom. The summed E-state index contributed by atoms with van der Waals surface area (Å²) in [6.45, 7) is 0.220. The van der Waals surface area contributed by atoms with Crippen molar-refractivity contribution in [2.75, 3.05) is 6.79 Å². The Labute approximate surface area is 191 Å². The maximum atomic E-state index is 11.1. The molecule has 32 heavy (non-hydrogen) atoms. The molecule has 0 spiro atoms. The molecule has 3 aliphatic rings. The minimum atomic E-state index is -0.499. The number of halogens is 1. The molecule has 3 aromatic carbocycles. The number of benzene rings is 3. The van der Waals surface area contributed by atoms with Crippen molar-refractivity contribution in [3.05, 3.63) is 91.9 Å². The second-order valence-corrected chi connectivity index (χ2v) is 8.63. The summed E-state index contributed by atoms with van der Waals surface area (Å²) in [7, 11) is 0. The van der Waals surface area contributed by atoms with Gasteiger partial charge in [0.1, 0.15) is 5.75 Å². The van der Waals surface area contributed by atoms with Crippen LogP contribution in [0.3, 0.4) is 0 Å². The van der Waals surface area contributed by atoms with E-state index in [1.54, 1.807) is 12.1 Å². The highest BCUT2D eigenvalue weighted by atomic mass is 79.9. The average Bonchev–Trinajstić information content (AvgIpc) is 3.45. The molecule has 0 N–H and O–H groups in total. The lowest BCUT2D eigenvalue weighted by atomic mass is 9.95. The topological polar surface area (TPSA) is 86.4 Å². The smallest absolute Gasteiger partial charge is 0.269 e. The van der Waals surface area contributed by atoms with Gasteiger partial charge in [0.25, 0.3) is 5.69 Å². The van der Waals surface area contributed by atoms with Crippen molar-refractivity contribution in [1.82, 2.24) is 5.01 Å². The minimum Gasteiger partial charge on any atom is -0.464 e. The SMILES string of the molecule is O=[N+]([O-])c1ccc([C@@H]2Oc3ccc(Br)cc3[C@H]3CC(c4ccc5c(c4)OCO5)=NN32)cc1. The number of hydrogen-bond acceptors (Lipinski definition) is 7. The van der Waals surface area contributed by atoms with Crippen molar-refractivity contribution in [1.29, 1.82) is 0 Å². The second kappa shape index (κ2) is 7.23. The Morgan fingerprint density at radius 2 is 1.78 bits per heavy atom. The number of non-ortho nitro benzene ring substituents is 1. The second-order valence-electron chi connectivity index (χ2n) is 7.72. The van der Waals surface area contributed by atoms with Gasteiger partial charge in [0, 0.05) is 39.7 Å². The number of hydrogen-bond donors (Lipinski definition) is 0. The first-order valence-electron chi connectivity index (χ1n) is 10.0. The zero-order valence-electron chi connectivity index (χ0n) is 16.6. The van der Waals surface area contributed by atoms with Crippen molar-refractivity contribution < 1.29 is 19.1 Å². The molecule has 160 valence electrons. The van der Waals surface area contributed by atoms with Crippen LogP contribution in [-0.2, 0) is 0 Å². The van der Waals surface area contributed by atoms with Crippen LogP contribution in [0.5, 0.6) is 17.2 Å². The van der Waals surface area contributed by atoms with E-state index in [4.69, 9.17) is 19.3 Å². The lowest BCUT2D eigenvalue weighted by Gasteiger charge is -2.38. The molecular formula is C23H16BrN3O5. The number of rotatable bonds is 3. The molecule has 0 fully saturated rings. The van der Waals surface area contributed by atoms with Crippen molar-refractivity contribution in [2.24, 2.45) is 5.10 Å². The van der Waals surface area contributed by atoms with Crippen LogP contribution < -0.4 is 14.2 Å². The minimum absolute atomic E-state index is 0.0307. The fourth-order valence-electron chi connectivity index (χ4n) is 4.29. The van der Waals surface area contributed by atoms with Gasteiger partial charge in [-0.3, -0.25) is 10.1 Å². The Balaban J connectivity index is 1.42. The van der Waals surface area contributed by atoms with Crippen LogP contribution >= 0.6 is 15.9 Å². The maximum absolute atomic E-state index is 11.1. The number of nitro groups is 1. The van der Waals surface area contributed by atoms with Crippen LogP contribution in [0.4, 0.5) is 5.69 Å². The van der Waals surface area contributed by atoms with Gasteiger partial charge >= 0.3 is 0 Å². The van der Waals surface area contributed by atoms with E-state index in [2.05, 4.69) is 22.0 Å². The van der Waals surface area contributed by atoms with Gasteiger partial charge in [0.2, 0.25) is 13.0 Å². The molecule has 0 amide bonds. The van der Waals surface area contributed by atoms with Crippen LogP contribution in [-0.4, -0.2) is 22.4 Å². The monoisotopic (exact) mass is 493 g/mol. The first kappa shape index (κ1) is 19.1. The van der Waals surface area contributed by atoms with Gasteiger partial charge < -0.3 is 14.2 Å². The first-order valence-corrected chi connectivity index (χ1v) is 10.8. The Kier molecular flexibility index (Phi) is 4.32. The molecule has 0 aromatic heterocycles. The summed E-state index contributed by atoms with van der Waals surface area (Å²) in [5.74, 6) is 2.22. The van der Waals surface area contributed by atoms with Crippen molar-refractivity contribution >= 4 is 27.3 Å². The molecular weight excluding hydrogens is 478 g/mol. The molecule has 0 saturated heterocycles. The zero-order chi connectivity index (χ0) is 21.8. The van der Waals surface area contributed by atoms with Gasteiger partial charge in [0.05, 0.1) is 16.7 Å². The van der Waals surface area contributed by atoms with Gasteiger partial charge in [-0.15, -0.1) is 0 Å². The summed E-state index contributed by atoms with van der Waals surface area (Å²) >= 11 is 3.56. The fraction of sp³-hybridized carbons (Fsp3) is 0.174. The Bertz CT molecular complexity index is 1280. The molecule has 0 radical (unpaired) electrons. The standard InChI is InChI=1S/C23H16BrN3O5/c24-15-4-8-20-17(10-15)19-11-18(14-3-7-21-22(9-14)31-12-30-21)25-26(19)23(32-20)13-1-5-16(6-2-13)27(28)29/h1-10,19,23H,11-12H2/t19-,23+/m1/s1. The molecule has 2 atom stereocenters. The third-order valence-electron chi connectivity index (χ3n) is 5.85. The molecule has 0 unspecified atom stereocenters. The van der Waals surface area contributed by atoms with E-state index in [-0.39, 0.29) is 18.5 Å². The van der Waals surface area contributed by atoms with Gasteiger partial charge in [-0.2, -0.15) is 5.10 Å². The van der Waals surface area contributed by atoms with Crippen LogP contribution in [0.2, 0.25) is 0 Å². The predicted molar refractivity (Wildman–Crippen MR) is 119 cm³/mol. The third kappa shape index (κ3) is 3.08. The van der Waals surface area contributed by atoms with E-state index in [1.807, 2.05) is 35.3 Å². The first-order chi connectivity index (χ1) is 15.6. The van der Waals surface area contributed by atoms with Crippen molar-refractivity contribution in [2.45, 2.75) is 18.7 Å². The van der Waals surface area contributed by atoms with E-state index in [1.165, 1.54) is 12.1 Å². The normalized spacial score (nSPS) is 20.3. The molecule has 0 aliphatic carbocycles. The van der Waals surface area contributed by atoms with Crippen molar-refractivity contribution in [3.63, 3.8) is 0 Å². The Hall–Kier alpha value is -3.59. The summed E-state index contributed by atoms with van der Waals surface area (Å²) in [5, 5.41) is 17.9. The lowest BCUT2D eigenvalue weighted by Crippen LogP contribution is -2.33.